The summed E-state index contributed by atoms with van der Waals surface area (Å²) in [7, 11) is 0. The van der Waals surface area contributed by atoms with Gasteiger partial charge in [0.2, 0.25) is 0 Å². The van der Waals surface area contributed by atoms with Gasteiger partial charge in [-0.3, -0.25) is 0 Å². The van der Waals surface area contributed by atoms with E-state index in [1.165, 1.54) is 6.42 Å². The summed E-state index contributed by atoms with van der Waals surface area (Å²) >= 11 is 0. The molecule has 0 aromatic rings. The minimum atomic E-state index is 0.117. The summed E-state index contributed by atoms with van der Waals surface area (Å²) in [5.74, 6) is 7.26. The number of ether oxygens (including phenoxy) is 2. The van der Waals surface area contributed by atoms with Crippen LogP contribution < -0.4 is 0 Å². The Hall–Kier alpha value is -1.48. The lowest BCUT2D eigenvalue weighted by atomic mass is 9.73. The minimum absolute atomic E-state index is 0.117. The van der Waals surface area contributed by atoms with Crippen LogP contribution in [0.4, 0.5) is 0 Å². The van der Waals surface area contributed by atoms with Crippen LogP contribution in [0.25, 0.3) is 0 Å². The molecule has 98 valence electrons. The normalized spacial score (nSPS) is 41.8. The molecule has 2 heteroatoms. The van der Waals surface area contributed by atoms with E-state index in [0.29, 0.717) is 36.9 Å². The molecule has 0 heterocycles. The molecular weight excluding hydrogens is 236 g/mol. The zero-order chi connectivity index (χ0) is 13.2. The van der Waals surface area contributed by atoms with Crippen molar-refractivity contribution in [3.05, 3.63) is 24.3 Å². The molecule has 1 fully saturated rings. The van der Waals surface area contributed by atoms with Crippen molar-refractivity contribution >= 4 is 0 Å². The molecule has 0 aromatic heterocycles. The predicted molar refractivity (Wildman–Crippen MR) is 74.0 cm³/mol. The molecule has 0 radical (unpaired) electrons. The smallest absolute Gasteiger partial charge is 0.108 e. The van der Waals surface area contributed by atoms with Gasteiger partial charge in [0.1, 0.15) is 13.2 Å². The van der Waals surface area contributed by atoms with E-state index < -0.39 is 0 Å². The lowest BCUT2D eigenvalue weighted by Gasteiger charge is -2.39. The fourth-order valence-corrected chi connectivity index (χ4v) is 3.92. The van der Waals surface area contributed by atoms with E-state index in [1.807, 2.05) is 0 Å². The van der Waals surface area contributed by atoms with E-state index in [1.54, 1.807) is 0 Å². The first-order valence-electron chi connectivity index (χ1n) is 6.82. The van der Waals surface area contributed by atoms with Crippen molar-refractivity contribution in [2.75, 3.05) is 13.2 Å². The fourth-order valence-electron chi connectivity index (χ4n) is 3.92. The molecule has 19 heavy (non-hydrogen) atoms. The monoisotopic (exact) mass is 254 g/mol. The van der Waals surface area contributed by atoms with E-state index in [4.69, 9.17) is 22.3 Å². The highest BCUT2D eigenvalue weighted by molar-refractivity contribution is 5.23. The third-order valence-electron chi connectivity index (χ3n) is 4.55. The standard InChI is InChI=1S/C17H18O2/c1-3-9-18-14-7-8-15(19-10-4-2)17-13-6-5-12(11-13)16(14)17/h1-2,5-8,12-17H,9-11H2/t12-,13+,14+,15-,16+,17-. The second-order valence-electron chi connectivity index (χ2n) is 5.45. The molecule has 0 unspecified atom stereocenters. The highest BCUT2D eigenvalue weighted by Gasteiger charge is 2.52. The Morgan fingerprint density at radius 3 is 1.74 bits per heavy atom. The first-order valence-corrected chi connectivity index (χ1v) is 6.82. The summed E-state index contributed by atoms with van der Waals surface area (Å²) in [6.07, 6.45) is 20.9. The van der Waals surface area contributed by atoms with Gasteiger partial charge in [-0.05, 0) is 18.3 Å². The minimum Gasteiger partial charge on any atom is -0.361 e. The van der Waals surface area contributed by atoms with E-state index >= 15 is 0 Å². The van der Waals surface area contributed by atoms with Crippen LogP contribution >= 0.6 is 0 Å². The summed E-state index contributed by atoms with van der Waals surface area (Å²) in [5.41, 5.74) is 0. The predicted octanol–water partition coefficient (Wildman–Crippen LogP) is 2.03. The van der Waals surface area contributed by atoms with Crippen LogP contribution in [0.5, 0.6) is 0 Å². The van der Waals surface area contributed by atoms with Gasteiger partial charge in [-0.25, -0.2) is 0 Å². The number of hydrogen-bond donors (Lipinski definition) is 0. The van der Waals surface area contributed by atoms with Gasteiger partial charge in [0, 0.05) is 11.8 Å². The zero-order valence-electron chi connectivity index (χ0n) is 10.9. The Labute approximate surface area is 114 Å². The SMILES string of the molecule is C#CCO[C@H]1C=C[C@@H](OCC#C)[C@@H]2[C@H]1[C@@H]1C=C[C@H]2C1. The van der Waals surface area contributed by atoms with Crippen LogP contribution in [-0.4, -0.2) is 25.4 Å². The maximum Gasteiger partial charge on any atom is 0.108 e. The Morgan fingerprint density at radius 1 is 0.842 bits per heavy atom. The summed E-state index contributed by atoms with van der Waals surface area (Å²) < 4.78 is 11.6. The number of terminal acetylenes is 2. The Balaban J connectivity index is 1.80. The molecule has 3 rings (SSSR count). The number of fused-ring (bicyclic) bond motifs is 5. The van der Waals surface area contributed by atoms with Crippen LogP contribution in [0.1, 0.15) is 6.42 Å². The molecule has 2 nitrogen and oxygen atoms in total. The van der Waals surface area contributed by atoms with Gasteiger partial charge in [0.15, 0.2) is 0 Å². The van der Waals surface area contributed by atoms with Crippen molar-refractivity contribution in [3.63, 3.8) is 0 Å². The van der Waals surface area contributed by atoms with Gasteiger partial charge in [-0.1, -0.05) is 36.1 Å². The maximum atomic E-state index is 5.80. The van der Waals surface area contributed by atoms with E-state index in [-0.39, 0.29) is 12.2 Å². The Morgan fingerprint density at radius 2 is 1.32 bits per heavy atom. The van der Waals surface area contributed by atoms with Crippen molar-refractivity contribution in [2.45, 2.75) is 18.6 Å². The Kier molecular flexibility index (Phi) is 3.47. The van der Waals surface area contributed by atoms with Crippen molar-refractivity contribution in [1.82, 2.24) is 0 Å². The number of hydrogen-bond acceptors (Lipinski definition) is 2. The van der Waals surface area contributed by atoms with Gasteiger partial charge in [-0.2, -0.15) is 0 Å². The second kappa shape index (κ2) is 5.25. The molecule has 1 saturated carbocycles. The lowest BCUT2D eigenvalue weighted by Crippen LogP contribution is -2.42. The van der Waals surface area contributed by atoms with Gasteiger partial charge in [0.25, 0.3) is 0 Å². The molecule has 0 aliphatic heterocycles. The average Bonchev–Trinajstić information content (AvgIpc) is 3.05. The second-order valence-corrected chi connectivity index (χ2v) is 5.45. The topological polar surface area (TPSA) is 18.5 Å². The third kappa shape index (κ3) is 2.12. The molecule has 3 aliphatic rings. The first kappa shape index (κ1) is 12.5. The Bertz CT molecular complexity index is 434. The highest BCUT2D eigenvalue weighted by atomic mass is 16.5. The molecule has 0 saturated heterocycles. The van der Waals surface area contributed by atoms with Gasteiger partial charge < -0.3 is 9.47 Å². The first-order chi connectivity index (χ1) is 9.35. The van der Waals surface area contributed by atoms with Crippen molar-refractivity contribution in [1.29, 1.82) is 0 Å². The quantitative estimate of drug-likeness (QED) is 0.564. The van der Waals surface area contributed by atoms with Crippen LogP contribution in [-0.2, 0) is 9.47 Å². The maximum absolute atomic E-state index is 5.80. The van der Waals surface area contributed by atoms with Crippen molar-refractivity contribution in [2.24, 2.45) is 23.7 Å². The summed E-state index contributed by atoms with van der Waals surface area (Å²) in [6.45, 7) is 0.740. The van der Waals surface area contributed by atoms with Crippen LogP contribution in [0.15, 0.2) is 24.3 Å². The molecule has 0 amide bonds. The van der Waals surface area contributed by atoms with Crippen LogP contribution in [0, 0.1) is 48.4 Å². The van der Waals surface area contributed by atoms with Crippen LogP contribution in [0.2, 0.25) is 0 Å². The third-order valence-corrected chi connectivity index (χ3v) is 4.55. The molecule has 0 N–H and O–H groups in total. The molecule has 0 aromatic carbocycles. The van der Waals surface area contributed by atoms with Gasteiger partial charge in [-0.15, -0.1) is 12.8 Å². The van der Waals surface area contributed by atoms with Gasteiger partial charge in [0.05, 0.1) is 12.2 Å². The van der Waals surface area contributed by atoms with Crippen molar-refractivity contribution in [3.8, 4) is 24.7 Å². The number of rotatable bonds is 4. The van der Waals surface area contributed by atoms with Gasteiger partial charge >= 0.3 is 0 Å². The largest absolute Gasteiger partial charge is 0.361 e. The zero-order valence-corrected chi connectivity index (χ0v) is 10.9. The molecule has 6 atom stereocenters. The highest BCUT2D eigenvalue weighted by Crippen LogP contribution is 2.53. The molecular formula is C17H18O2. The summed E-state index contributed by atoms with van der Waals surface area (Å²) in [4.78, 5) is 0. The molecule has 0 spiro atoms. The van der Waals surface area contributed by atoms with E-state index in [0.717, 1.165) is 0 Å². The van der Waals surface area contributed by atoms with E-state index in [2.05, 4.69) is 36.1 Å². The summed E-state index contributed by atoms with van der Waals surface area (Å²) in [6, 6.07) is 0. The molecule has 3 aliphatic carbocycles. The number of allylic oxidation sites excluding steroid dienone is 2. The fraction of sp³-hybridized carbons (Fsp3) is 0.529. The lowest BCUT2D eigenvalue weighted by molar-refractivity contribution is -0.0278. The van der Waals surface area contributed by atoms with E-state index in [9.17, 15) is 0 Å². The average molecular weight is 254 g/mol. The van der Waals surface area contributed by atoms with Crippen LogP contribution in [0.3, 0.4) is 0 Å². The van der Waals surface area contributed by atoms with Crippen molar-refractivity contribution < 1.29 is 9.47 Å². The molecule has 2 bridgehead atoms. The summed E-state index contributed by atoms with van der Waals surface area (Å²) in [5, 5.41) is 0.